The Labute approximate surface area is 193 Å². The van der Waals surface area contributed by atoms with Gasteiger partial charge >= 0.3 is 11.9 Å². The first kappa shape index (κ1) is 23.7. The minimum Gasteiger partial charge on any atom is -0.461 e. The van der Waals surface area contributed by atoms with Crippen LogP contribution in [0.2, 0.25) is 0 Å². The van der Waals surface area contributed by atoms with Crippen molar-refractivity contribution in [2.75, 3.05) is 0 Å². The van der Waals surface area contributed by atoms with Crippen LogP contribution in [-0.2, 0) is 43.5 Å². The van der Waals surface area contributed by atoms with Crippen molar-refractivity contribution in [3.63, 3.8) is 0 Å². The molecule has 1 atom stereocenters. The van der Waals surface area contributed by atoms with Crippen molar-refractivity contribution in [3.05, 3.63) is 108 Å². The SMILES string of the molecule is O=C(Cc1ccccc1)NC(CCC(=O)OCc1ccccc1)C(=O)OCc1ccccc1. The van der Waals surface area contributed by atoms with E-state index in [4.69, 9.17) is 9.47 Å². The lowest BCUT2D eigenvalue weighted by molar-refractivity contribution is -0.150. The number of carbonyl (C=O) groups excluding carboxylic acids is 3. The van der Waals surface area contributed by atoms with Gasteiger partial charge in [-0.1, -0.05) is 91.0 Å². The summed E-state index contributed by atoms with van der Waals surface area (Å²) in [5.41, 5.74) is 2.54. The topological polar surface area (TPSA) is 81.7 Å². The Balaban J connectivity index is 1.55. The molecule has 0 bridgehead atoms. The molecule has 0 aliphatic heterocycles. The quantitative estimate of drug-likeness (QED) is 0.452. The minimum absolute atomic E-state index is 0.0243. The van der Waals surface area contributed by atoms with E-state index in [0.29, 0.717) is 0 Å². The van der Waals surface area contributed by atoms with E-state index < -0.39 is 18.0 Å². The maximum absolute atomic E-state index is 12.7. The fourth-order valence-corrected chi connectivity index (χ4v) is 3.18. The third kappa shape index (κ3) is 8.61. The van der Waals surface area contributed by atoms with Crippen LogP contribution in [0.1, 0.15) is 29.5 Å². The van der Waals surface area contributed by atoms with E-state index in [-0.39, 0.29) is 38.4 Å². The average Bonchev–Trinajstić information content (AvgIpc) is 2.85. The molecule has 0 spiro atoms. The van der Waals surface area contributed by atoms with Crippen LogP contribution >= 0.6 is 0 Å². The monoisotopic (exact) mass is 445 g/mol. The molecule has 170 valence electrons. The van der Waals surface area contributed by atoms with E-state index in [2.05, 4.69) is 5.32 Å². The molecule has 6 nitrogen and oxygen atoms in total. The predicted octanol–water partition coefficient (Wildman–Crippen LogP) is 3.98. The van der Waals surface area contributed by atoms with Crippen molar-refractivity contribution >= 4 is 17.8 Å². The molecule has 0 heterocycles. The predicted molar refractivity (Wildman–Crippen MR) is 124 cm³/mol. The number of rotatable bonds is 11. The summed E-state index contributed by atoms with van der Waals surface area (Å²) >= 11 is 0. The van der Waals surface area contributed by atoms with Crippen molar-refractivity contribution in [2.24, 2.45) is 0 Å². The standard InChI is InChI=1S/C27H27NO5/c29-25(18-21-10-4-1-5-11-21)28-24(27(31)33-20-23-14-8-3-9-15-23)16-17-26(30)32-19-22-12-6-2-7-13-22/h1-15,24H,16-20H2,(H,28,29). The van der Waals surface area contributed by atoms with Gasteiger partial charge in [0.05, 0.1) is 6.42 Å². The van der Waals surface area contributed by atoms with Gasteiger partial charge in [0, 0.05) is 6.42 Å². The van der Waals surface area contributed by atoms with Gasteiger partial charge in [0.25, 0.3) is 0 Å². The van der Waals surface area contributed by atoms with Crippen molar-refractivity contribution in [1.82, 2.24) is 5.32 Å². The third-order valence-corrected chi connectivity index (χ3v) is 4.93. The summed E-state index contributed by atoms with van der Waals surface area (Å²) in [6, 6.07) is 26.9. The Morgan fingerprint density at radius 1 is 0.667 bits per heavy atom. The molecule has 0 aliphatic rings. The lowest BCUT2D eigenvalue weighted by Gasteiger charge is -2.18. The van der Waals surface area contributed by atoms with Crippen LogP contribution in [0, 0.1) is 0 Å². The zero-order valence-electron chi connectivity index (χ0n) is 18.3. The molecule has 0 radical (unpaired) electrons. The highest BCUT2D eigenvalue weighted by molar-refractivity contribution is 5.86. The molecular formula is C27H27NO5. The second-order valence-corrected chi connectivity index (χ2v) is 7.56. The number of nitrogens with one attached hydrogen (secondary N) is 1. The number of esters is 2. The highest BCUT2D eigenvalue weighted by Gasteiger charge is 2.24. The highest BCUT2D eigenvalue weighted by Crippen LogP contribution is 2.09. The van der Waals surface area contributed by atoms with Crippen LogP contribution in [-0.4, -0.2) is 23.9 Å². The molecule has 0 saturated carbocycles. The van der Waals surface area contributed by atoms with Gasteiger partial charge in [0.15, 0.2) is 0 Å². The van der Waals surface area contributed by atoms with Gasteiger partial charge in [0.1, 0.15) is 19.3 Å². The number of ether oxygens (including phenoxy) is 2. The summed E-state index contributed by atoms with van der Waals surface area (Å²) in [5, 5.41) is 2.71. The molecule has 3 aromatic carbocycles. The van der Waals surface area contributed by atoms with Crippen molar-refractivity contribution in [2.45, 2.75) is 38.5 Å². The molecule has 1 amide bonds. The molecule has 6 heteroatoms. The number of hydrogen-bond donors (Lipinski definition) is 1. The lowest BCUT2D eigenvalue weighted by Crippen LogP contribution is -2.42. The first-order valence-corrected chi connectivity index (χ1v) is 10.8. The van der Waals surface area contributed by atoms with Crippen molar-refractivity contribution in [1.29, 1.82) is 0 Å². The van der Waals surface area contributed by atoms with Crippen LogP contribution in [0.5, 0.6) is 0 Å². The maximum atomic E-state index is 12.7. The van der Waals surface area contributed by atoms with Crippen LogP contribution in [0.3, 0.4) is 0 Å². The largest absolute Gasteiger partial charge is 0.461 e. The number of amides is 1. The van der Waals surface area contributed by atoms with Gasteiger partial charge in [-0.25, -0.2) is 4.79 Å². The zero-order chi connectivity index (χ0) is 23.3. The molecule has 0 aromatic heterocycles. The van der Waals surface area contributed by atoms with Crippen LogP contribution in [0.25, 0.3) is 0 Å². The second kappa shape index (κ2) is 12.8. The second-order valence-electron chi connectivity index (χ2n) is 7.56. The van der Waals surface area contributed by atoms with Crippen molar-refractivity contribution in [3.8, 4) is 0 Å². The Morgan fingerprint density at radius 2 is 1.15 bits per heavy atom. The van der Waals surface area contributed by atoms with Gasteiger partial charge in [0.2, 0.25) is 5.91 Å². The minimum atomic E-state index is -0.950. The van der Waals surface area contributed by atoms with Crippen LogP contribution in [0.4, 0.5) is 0 Å². The molecular weight excluding hydrogens is 418 g/mol. The molecule has 0 fully saturated rings. The first-order chi connectivity index (χ1) is 16.1. The van der Waals surface area contributed by atoms with E-state index >= 15 is 0 Å². The van der Waals surface area contributed by atoms with Gasteiger partial charge in [-0.3, -0.25) is 9.59 Å². The van der Waals surface area contributed by atoms with E-state index in [9.17, 15) is 14.4 Å². The lowest BCUT2D eigenvalue weighted by atomic mass is 10.1. The van der Waals surface area contributed by atoms with E-state index in [0.717, 1.165) is 16.7 Å². The molecule has 1 unspecified atom stereocenters. The Morgan fingerprint density at radius 3 is 1.70 bits per heavy atom. The van der Waals surface area contributed by atoms with E-state index in [1.165, 1.54) is 0 Å². The summed E-state index contributed by atoms with van der Waals surface area (Å²) in [4.78, 5) is 37.4. The summed E-state index contributed by atoms with van der Waals surface area (Å²) in [6.45, 7) is 0.242. The maximum Gasteiger partial charge on any atom is 0.328 e. The molecule has 3 aromatic rings. The molecule has 0 saturated heterocycles. The summed E-state index contributed by atoms with van der Waals surface area (Å²) in [7, 11) is 0. The number of benzene rings is 3. The van der Waals surface area contributed by atoms with Crippen LogP contribution in [0.15, 0.2) is 91.0 Å². The summed E-state index contributed by atoms with van der Waals surface area (Å²) in [5.74, 6) is -1.35. The zero-order valence-corrected chi connectivity index (χ0v) is 18.3. The van der Waals surface area contributed by atoms with Gasteiger partial charge in [-0.2, -0.15) is 0 Å². The van der Waals surface area contributed by atoms with Gasteiger partial charge in [-0.05, 0) is 23.1 Å². The molecule has 3 rings (SSSR count). The molecule has 0 aliphatic carbocycles. The smallest absolute Gasteiger partial charge is 0.328 e. The normalized spacial score (nSPS) is 11.3. The Hall–Kier alpha value is -3.93. The van der Waals surface area contributed by atoms with E-state index in [1.807, 2.05) is 91.0 Å². The number of hydrogen-bond acceptors (Lipinski definition) is 5. The van der Waals surface area contributed by atoms with Crippen LogP contribution < -0.4 is 5.32 Å². The summed E-state index contributed by atoms with van der Waals surface area (Å²) < 4.78 is 10.7. The van der Waals surface area contributed by atoms with Gasteiger partial charge < -0.3 is 14.8 Å². The van der Waals surface area contributed by atoms with Gasteiger partial charge in [-0.15, -0.1) is 0 Å². The average molecular weight is 446 g/mol. The van der Waals surface area contributed by atoms with Crippen molar-refractivity contribution < 1.29 is 23.9 Å². The fourth-order valence-electron chi connectivity index (χ4n) is 3.18. The molecule has 33 heavy (non-hydrogen) atoms. The Bertz CT molecular complexity index is 1020. The summed E-state index contributed by atoms with van der Waals surface area (Å²) in [6.07, 6.45) is 0.188. The highest BCUT2D eigenvalue weighted by atomic mass is 16.5. The first-order valence-electron chi connectivity index (χ1n) is 10.8. The number of carbonyl (C=O) groups is 3. The molecule has 1 N–H and O–H groups in total. The third-order valence-electron chi connectivity index (χ3n) is 4.93. The Kier molecular flexibility index (Phi) is 9.21. The fraction of sp³-hybridized carbons (Fsp3) is 0.222. The van der Waals surface area contributed by atoms with E-state index in [1.54, 1.807) is 0 Å².